The van der Waals surface area contributed by atoms with Crippen molar-refractivity contribution in [3.05, 3.63) is 48.5 Å². The van der Waals surface area contributed by atoms with Crippen LogP contribution in [-0.4, -0.2) is 6.54 Å². The number of para-hydroxylation sites is 2. The first-order valence-electron chi connectivity index (χ1n) is 8.03. The molecule has 0 saturated heterocycles. The van der Waals surface area contributed by atoms with E-state index in [9.17, 15) is 0 Å². The van der Waals surface area contributed by atoms with E-state index in [2.05, 4.69) is 60.4 Å². The van der Waals surface area contributed by atoms with Crippen LogP contribution in [0.25, 0.3) is 0 Å². The molecule has 0 aliphatic carbocycles. The Morgan fingerprint density at radius 2 is 1.33 bits per heavy atom. The molecule has 0 fully saturated rings. The maximum Gasteiger partial charge on any atom is 0.0552 e. The molecule has 3 rings (SSSR count). The number of benzene rings is 2. The summed E-state index contributed by atoms with van der Waals surface area (Å²) in [5, 5.41) is 0. The van der Waals surface area contributed by atoms with Crippen LogP contribution < -0.4 is 4.90 Å². The van der Waals surface area contributed by atoms with E-state index in [1.807, 2.05) is 11.8 Å². The van der Waals surface area contributed by atoms with Crippen molar-refractivity contribution in [2.75, 3.05) is 11.4 Å². The van der Waals surface area contributed by atoms with Crippen LogP contribution in [0.4, 0.5) is 11.4 Å². The average molecular weight is 297 g/mol. The molecule has 2 aromatic rings. The Hall–Kier alpha value is -1.41. The normalized spacial score (nSPS) is 12.9. The average Bonchev–Trinajstić information content (AvgIpc) is 2.53. The van der Waals surface area contributed by atoms with Crippen molar-refractivity contribution >= 4 is 23.1 Å². The van der Waals surface area contributed by atoms with Gasteiger partial charge in [-0.2, -0.15) is 0 Å². The van der Waals surface area contributed by atoms with Gasteiger partial charge in [-0.1, -0.05) is 68.6 Å². The molecular formula is C19H23NS. The topological polar surface area (TPSA) is 3.24 Å². The van der Waals surface area contributed by atoms with Crippen LogP contribution in [0, 0.1) is 0 Å². The van der Waals surface area contributed by atoms with Crippen molar-refractivity contribution < 1.29 is 0 Å². The molecule has 0 radical (unpaired) electrons. The molecule has 0 amide bonds. The highest BCUT2D eigenvalue weighted by atomic mass is 32.2. The first-order chi connectivity index (χ1) is 10.4. The Labute approximate surface area is 132 Å². The summed E-state index contributed by atoms with van der Waals surface area (Å²) in [6, 6.07) is 17.6. The molecule has 1 nitrogen and oxygen atoms in total. The van der Waals surface area contributed by atoms with Gasteiger partial charge in [-0.25, -0.2) is 0 Å². The molecule has 1 aliphatic heterocycles. The van der Waals surface area contributed by atoms with Gasteiger partial charge >= 0.3 is 0 Å². The number of fused-ring (bicyclic) bond motifs is 2. The monoisotopic (exact) mass is 297 g/mol. The molecule has 0 saturated carbocycles. The fourth-order valence-corrected chi connectivity index (χ4v) is 3.99. The molecule has 0 N–H and O–H groups in total. The third kappa shape index (κ3) is 3.26. The van der Waals surface area contributed by atoms with Crippen LogP contribution in [0.15, 0.2) is 58.3 Å². The molecular weight excluding hydrogens is 274 g/mol. The Balaban J connectivity index is 1.78. The minimum absolute atomic E-state index is 1.12. The predicted octanol–water partition coefficient (Wildman–Crippen LogP) is 6.26. The van der Waals surface area contributed by atoms with Crippen molar-refractivity contribution in [1.29, 1.82) is 0 Å². The van der Waals surface area contributed by atoms with Gasteiger partial charge in [0.15, 0.2) is 0 Å². The summed E-state index contributed by atoms with van der Waals surface area (Å²) in [4.78, 5) is 5.27. The summed E-state index contributed by atoms with van der Waals surface area (Å²) < 4.78 is 0. The Bertz CT molecular complexity index is 548. The first-order valence-corrected chi connectivity index (χ1v) is 8.85. The van der Waals surface area contributed by atoms with Gasteiger partial charge in [0.25, 0.3) is 0 Å². The van der Waals surface area contributed by atoms with Crippen LogP contribution in [0.5, 0.6) is 0 Å². The van der Waals surface area contributed by atoms with Gasteiger partial charge in [0, 0.05) is 16.3 Å². The molecule has 1 heterocycles. The molecule has 21 heavy (non-hydrogen) atoms. The predicted molar refractivity (Wildman–Crippen MR) is 92.8 cm³/mol. The van der Waals surface area contributed by atoms with Crippen molar-refractivity contribution in [2.24, 2.45) is 0 Å². The van der Waals surface area contributed by atoms with Crippen LogP contribution in [0.3, 0.4) is 0 Å². The molecule has 0 unspecified atom stereocenters. The molecule has 2 heteroatoms. The lowest BCUT2D eigenvalue weighted by atomic mass is 10.1. The van der Waals surface area contributed by atoms with E-state index < -0.39 is 0 Å². The molecule has 110 valence electrons. The lowest BCUT2D eigenvalue weighted by Crippen LogP contribution is -2.21. The van der Waals surface area contributed by atoms with E-state index in [1.54, 1.807) is 0 Å². The van der Waals surface area contributed by atoms with Crippen molar-refractivity contribution in [2.45, 2.75) is 48.8 Å². The summed E-state index contributed by atoms with van der Waals surface area (Å²) in [5.41, 5.74) is 2.74. The van der Waals surface area contributed by atoms with Gasteiger partial charge < -0.3 is 4.90 Å². The lowest BCUT2D eigenvalue weighted by molar-refractivity contribution is 0.632. The molecule has 0 bridgehead atoms. The molecule has 1 aliphatic rings. The second-order valence-corrected chi connectivity index (χ2v) is 6.69. The van der Waals surface area contributed by atoms with Crippen LogP contribution >= 0.6 is 11.8 Å². The van der Waals surface area contributed by atoms with Gasteiger partial charge in [-0.05, 0) is 30.7 Å². The lowest BCUT2D eigenvalue weighted by Gasteiger charge is -2.32. The maximum atomic E-state index is 2.51. The summed E-state index contributed by atoms with van der Waals surface area (Å²) >= 11 is 1.89. The minimum atomic E-state index is 1.12. The third-order valence-corrected chi connectivity index (χ3v) is 5.15. The summed E-state index contributed by atoms with van der Waals surface area (Å²) in [6.45, 7) is 3.40. The summed E-state index contributed by atoms with van der Waals surface area (Å²) in [6.07, 6.45) is 6.65. The van der Waals surface area contributed by atoms with E-state index >= 15 is 0 Å². The smallest absolute Gasteiger partial charge is 0.0552 e. The molecule has 0 aromatic heterocycles. The minimum Gasteiger partial charge on any atom is -0.340 e. The van der Waals surface area contributed by atoms with Gasteiger partial charge in [-0.15, -0.1) is 0 Å². The maximum absolute atomic E-state index is 2.51. The van der Waals surface area contributed by atoms with E-state index in [-0.39, 0.29) is 0 Å². The standard InChI is InChI=1S/C19H23NS/c1-2-3-4-5-10-15-20-16-11-6-8-13-18(16)21-19-14-9-7-12-17(19)20/h6-9,11-14H,2-5,10,15H2,1H3. The van der Waals surface area contributed by atoms with Gasteiger partial charge in [0.05, 0.1) is 11.4 Å². The first kappa shape index (κ1) is 14.5. The van der Waals surface area contributed by atoms with E-state index in [0.717, 1.165) is 6.54 Å². The second kappa shape index (κ2) is 7.04. The fraction of sp³-hybridized carbons (Fsp3) is 0.368. The quantitative estimate of drug-likeness (QED) is 0.579. The van der Waals surface area contributed by atoms with Crippen LogP contribution in [0.2, 0.25) is 0 Å². The van der Waals surface area contributed by atoms with Gasteiger partial charge in [0.2, 0.25) is 0 Å². The number of nitrogens with zero attached hydrogens (tertiary/aromatic N) is 1. The fourth-order valence-electron chi connectivity index (χ4n) is 2.90. The van der Waals surface area contributed by atoms with Gasteiger partial charge in [0.1, 0.15) is 0 Å². The third-order valence-electron chi connectivity index (χ3n) is 4.02. The largest absolute Gasteiger partial charge is 0.340 e. The zero-order chi connectivity index (χ0) is 14.5. The highest BCUT2D eigenvalue weighted by molar-refractivity contribution is 7.99. The van der Waals surface area contributed by atoms with Crippen molar-refractivity contribution in [3.63, 3.8) is 0 Å². The number of anilines is 2. The van der Waals surface area contributed by atoms with Crippen LogP contribution in [-0.2, 0) is 0 Å². The van der Waals surface area contributed by atoms with Crippen LogP contribution in [0.1, 0.15) is 39.0 Å². The van der Waals surface area contributed by atoms with E-state index in [0.29, 0.717) is 0 Å². The Morgan fingerprint density at radius 1 is 0.762 bits per heavy atom. The number of unbranched alkanes of at least 4 members (excludes halogenated alkanes) is 4. The number of rotatable bonds is 6. The van der Waals surface area contributed by atoms with E-state index in [1.165, 1.54) is 53.3 Å². The Kier molecular flexibility index (Phi) is 4.87. The zero-order valence-electron chi connectivity index (χ0n) is 12.7. The molecule has 2 aromatic carbocycles. The number of hydrogen-bond donors (Lipinski definition) is 0. The highest BCUT2D eigenvalue weighted by Gasteiger charge is 2.21. The van der Waals surface area contributed by atoms with Crippen molar-refractivity contribution in [3.8, 4) is 0 Å². The van der Waals surface area contributed by atoms with Crippen molar-refractivity contribution in [1.82, 2.24) is 0 Å². The summed E-state index contributed by atoms with van der Waals surface area (Å²) in [7, 11) is 0. The number of hydrogen-bond acceptors (Lipinski definition) is 2. The highest BCUT2D eigenvalue weighted by Crippen LogP contribution is 2.47. The second-order valence-electron chi connectivity index (χ2n) is 5.60. The Morgan fingerprint density at radius 3 is 1.95 bits per heavy atom. The molecule has 0 spiro atoms. The van der Waals surface area contributed by atoms with Gasteiger partial charge in [-0.3, -0.25) is 0 Å². The summed E-state index contributed by atoms with van der Waals surface area (Å²) in [5.74, 6) is 0. The van der Waals surface area contributed by atoms with E-state index in [4.69, 9.17) is 0 Å². The zero-order valence-corrected chi connectivity index (χ0v) is 13.5. The molecule has 0 atom stereocenters. The SMILES string of the molecule is CCCCCCCN1c2ccccc2Sc2ccccc21.